The Hall–Kier alpha value is -2.47. The second-order valence-corrected chi connectivity index (χ2v) is 4.97. The minimum absolute atomic E-state index is 0.165. The van der Waals surface area contributed by atoms with Crippen LogP contribution in [-0.4, -0.2) is 16.1 Å². The number of amides is 1. The van der Waals surface area contributed by atoms with E-state index in [1.807, 2.05) is 35.7 Å². The third kappa shape index (κ3) is 2.75. The van der Waals surface area contributed by atoms with E-state index < -0.39 is 0 Å². The van der Waals surface area contributed by atoms with E-state index in [9.17, 15) is 4.79 Å². The number of aromatic nitrogens is 2. The highest BCUT2D eigenvalue weighted by Crippen LogP contribution is 2.22. The molecule has 0 unspecified atom stereocenters. The first-order valence-corrected chi connectivity index (χ1v) is 6.90. The van der Waals surface area contributed by atoms with Gasteiger partial charge in [0.25, 0.3) is 11.8 Å². The number of carbonyl (C=O) groups excluding carboxylic acids is 1. The number of benzene rings is 1. The van der Waals surface area contributed by atoms with Crippen molar-refractivity contribution in [1.29, 1.82) is 0 Å². The van der Waals surface area contributed by atoms with Gasteiger partial charge in [-0.1, -0.05) is 24.3 Å². The van der Waals surface area contributed by atoms with Crippen molar-refractivity contribution in [2.75, 3.05) is 0 Å². The van der Waals surface area contributed by atoms with Crippen molar-refractivity contribution in [3.05, 3.63) is 59.3 Å². The van der Waals surface area contributed by atoms with Gasteiger partial charge >= 0.3 is 0 Å². The van der Waals surface area contributed by atoms with Crippen LogP contribution in [0.3, 0.4) is 0 Å². The zero-order chi connectivity index (χ0) is 13.8. The molecular formula is C14H11N3O2S. The Kier molecular flexibility index (Phi) is 3.56. The standard InChI is InChI=1S/C14H11N3O2S/c18-13(10-5-2-1-3-6-10)15-9-12-16-17-14(19-12)11-7-4-8-20-11/h1-8H,9H2,(H,15,18). The molecule has 0 spiro atoms. The van der Waals surface area contributed by atoms with Crippen molar-refractivity contribution in [3.8, 4) is 10.8 Å². The predicted molar refractivity (Wildman–Crippen MR) is 75.2 cm³/mol. The third-order valence-electron chi connectivity index (χ3n) is 2.63. The number of nitrogens with one attached hydrogen (secondary N) is 1. The van der Waals surface area contributed by atoms with Gasteiger partial charge in [0.15, 0.2) is 0 Å². The summed E-state index contributed by atoms with van der Waals surface area (Å²) < 4.78 is 5.49. The van der Waals surface area contributed by atoms with E-state index in [2.05, 4.69) is 15.5 Å². The lowest BCUT2D eigenvalue weighted by molar-refractivity contribution is 0.0947. The molecule has 2 aromatic heterocycles. The molecule has 3 aromatic rings. The maximum atomic E-state index is 11.9. The minimum Gasteiger partial charge on any atom is -0.418 e. The Morgan fingerprint density at radius 2 is 2.00 bits per heavy atom. The molecule has 6 heteroatoms. The number of hydrogen-bond acceptors (Lipinski definition) is 5. The Labute approximate surface area is 119 Å². The molecule has 0 fully saturated rings. The first-order valence-electron chi connectivity index (χ1n) is 6.02. The van der Waals surface area contributed by atoms with Crippen molar-refractivity contribution in [2.45, 2.75) is 6.54 Å². The van der Waals surface area contributed by atoms with Gasteiger partial charge in [0, 0.05) is 5.56 Å². The fraction of sp³-hybridized carbons (Fsp3) is 0.0714. The lowest BCUT2D eigenvalue weighted by Gasteiger charge is -2.01. The van der Waals surface area contributed by atoms with Gasteiger partial charge in [0.05, 0.1) is 11.4 Å². The topological polar surface area (TPSA) is 68.0 Å². The van der Waals surface area contributed by atoms with Gasteiger partial charge in [-0.15, -0.1) is 21.5 Å². The molecule has 5 nitrogen and oxygen atoms in total. The number of nitrogens with zero attached hydrogens (tertiary/aromatic N) is 2. The van der Waals surface area contributed by atoms with Crippen LogP contribution >= 0.6 is 11.3 Å². The highest BCUT2D eigenvalue weighted by atomic mass is 32.1. The molecule has 20 heavy (non-hydrogen) atoms. The van der Waals surface area contributed by atoms with Crippen molar-refractivity contribution in [2.24, 2.45) is 0 Å². The van der Waals surface area contributed by atoms with Gasteiger partial charge in [-0.25, -0.2) is 0 Å². The molecule has 1 aromatic carbocycles. The molecule has 1 N–H and O–H groups in total. The fourth-order valence-electron chi connectivity index (χ4n) is 1.67. The van der Waals surface area contributed by atoms with Crippen molar-refractivity contribution < 1.29 is 9.21 Å². The smallest absolute Gasteiger partial charge is 0.257 e. The van der Waals surface area contributed by atoms with Crippen LogP contribution < -0.4 is 5.32 Å². The minimum atomic E-state index is -0.165. The van der Waals surface area contributed by atoms with Crippen molar-refractivity contribution in [1.82, 2.24) is 15.5 Å². The van der Waals surface area contributed by atoms with Crippen LogP contribution in [0.2, 0.25) is 0 Å². The summed E-state index contributed by atoms with van der Waals surface area (Å²) in [6.07, 6.45) is 0. The van der Waals surface area contributed by atoms with E-state index in [0.717, 1.165) is 4.88 Å². The van der Waals surface area contributed by atoms with Gasteiger partial charge in [0.2, 0.25) is 5.89 Å². The molecule has 0 saturated heterocycles. The number of carbonyl (C=O) groups is 1. The van der Waals surface area contributed by atoms with Crippen LogP contribution in [0.4, 0.5) is 0 Å². The van der Waals surface area contributed by atoms with Gasteiger partial charge in [-0.3, -0.25) is 4.79 Å². The highest BCUT2D eigenvalue weighted by molar-refractivity contribution is 7.13. The average molecular weight is 285 g/mol. The summed E-state index contributed by atoms with van der Waals surface area (Å²) in [5, 5.41) is 12.5. The molecular weight excluding hydrogens is 274 g/mol. The lowest BCUT2D eigenvalue weighted by atomic mass is 10.2. The molecule has 0 bridgehead atoms. The second-order valence-electron chi connectivity index (χ2n) is 4.03. The van der Waals surface area contributed by atoms with Crippen LogP contribution in [0.25, 0.3) is 10.8 Å². The van der Waals surface area contributed by atoms with Gasteiger partial charge < -0.3 is 9.73 Å². The summed E-state index contributed by atoms with van der Waals surface area (Å²) >= 11 is 1.53. The molecule has 2 heterocycles. The molecule has 100 valence electrons. The van der Waals surface area contributed by atoms with E-state index in [1.165, 1.54) is 11.3 Å². The van der Waals surface area contributed by atoms with E-state index >= 15 is 0 Å². The van der Waals surface area contributed by atoms with Crippen LogP contribution in [0, 0.1) is 0 Å². The van der Waals surface area contributed by atoms with E-state index in [-0.39, 0.29) is 12.5 Å². The SMILES string of the molecule is O=C(NCc1nnc(-c2cccs2)o1)c1ccccc1. The van der Waals surface area contributed by atoms with Crippen molar-refractivity contribution >= 4 is 17.2 Å². The zero-order valence-electron chi connectivity index (χ0n) is 10.4. The zero-order valence-corrected chi connectivity index (χ0v) is 11.3. The van der Waals surface area contributed by atoms with E-state index in [4.69, 9.17) is 4.42 Å². The van der Waals surface area contributed by atoms with Crippen LogP contribution in [-0.2, 0) is 6.54 Å². The summed E-state index contributed by atoms with van der Waals surface area (Å²) in [6, 6.07) is 12.8. The lowest BCUT2D eigenvalue weighted by Crippen LogP contribution is -2.22. The van der Waals surface area contributed by atoms with Crippen LogP contribution in [0.15, 0.2) is 52.3 Å². The van der Waals surface area contributed by atoms with E-state index in [1.54, 1.807) is 12.1 Å². The predicted octanol–water partition coefficient (Wildman–Crippen LogP) is 2.73. The van der Waals surface area contributed by atoms with Gasteiger partial charge in [-0.05, 0) is 23.6 Å². The first kappa shape index (κ1) is 12.6. The largest absolute Gasteiger partial charge is 0.418 e. The Morgan fingerprint density at radius 1 is 1.15 bits per heavy atom. The van der Waals surface area contributed by atoms with Crippen LogP contribution in [0.5, 0.6) is 0 Å². The third-order valence-corrected chi connectivity index (χ3v) is 3.49. The molecule has 0 aliphatic carbocycles. The summed E-state index contributed by atoms with van der Waals surface area (Å²) in [4.78, 5) is 12.8. The van der Waals surface area contributed by atoms with Crippen LogP contribution in [0.1, 0.15) is 16.2 Å². The quantitative estimate of drug-likeness (QED) is 0.800. The average Bonchev–Trinajstić information content (AvgIpc) is 3.16. The second kappa shape index (κ2) is 5.66. The fourth-order valence-corrected chi connectivity index (χ4v) is 2.32. The molecule has 0 aliphatic heterocycles. The first-order chi connectivity index (χ1) is 9.83. The summed E-state index contributed by atoms with van der Waals surface area (Å²) in [6.45, 7) is 0.214. The Balaban J connectivity index is 1.63. The summed E-state index contributed by atoms with van der Waals surface area (Å²) in [5.74, 6) is 0.697. The van der Waals surface area contributed by atoms with E-state index in [0.29, 0.717) is 17.3 Å². The number of thiophene rings is 1. The molecule has 1 amide bonds. The normalized spacial score (nSPS) is 10.4. The molecule has 0 radical (unpaired) electrons. The maximum absolute atomic E-state index is 11.9. The monoisotopic (exact) mass is 285 g/mol. The Bertz CT molecular complexity index is 692. The maximum Gasteiger partial charge on any atom is 0.257 e. The molecule has 0 aliphatic rings. The number of hydrogen-bond donors (Lipinski definition) is 1. The Morgan fingerprint density at radius 3 is 2.75 bits per heavy atom. The van der Waals surface area contributed by atoms with Gasteiger partial charge in [-0.2, -0.15) is 0 Å². The molecule has 0 atom stereocenters. The summed E-state index contributed by atoms with van der Waals surface area (Å²) in [5.41, 5.74) is 0.602. The highest BCUT2D eigenvalue weighted by Gasteiger charge is 2.10. The molecule has 0 saturated carbocycles. The van der Waals surface area contributed by atoms with Crippen molar-refractivity contribution in [3.63, 3.8) is 0 Å². The van der Waals surface area contributed by atoms with Gasteiger partial charge in [0.1, 0.15) is 0 Å². The molecule has 3 rings (SSSR count). The number of rotatable bonds is 4. The summed E-state index contributed by atoms with van der Waals surface area (Å²) in [7, 11) is 0.